The van der Waals surface area contributed by atoms with E-state index in [1.165, 1.54) is 29.2 Å². The molecular weight excluding hydrogens is 465 g/mol. The summed E-state index contributed by atoms with van der Waals surface area (Å²) in [5.74, 6) is -1.60. The molecule has 9 nitrogen and oxygen atoms in total. The number of primary amides is 1. The number of halogens is 1. The molecule has 1 aliphatic carbocycles. The Morgan fingerprint density at radius 3 is 2.36 bits per heavy atom. The van der Waals surface area contributed by atoms with Crippen LogP contribution in [-0.4, -0.2) is 27.9 Å². The highest BCUT2D eigenvalue weighted by atomic mass is 19.1. The summed E-state index contributed by atoms with van der Waals surface area (Å²) in [7, 11) is 0. The first-order valence-electron chi connectivity index (χ1n) is 11.8. The maximum atomic E-state index is 13.9. The van der Waals surface area contributed by atoms with Crippen molar-refractivity contribution in [2.75, 3.05) is 10.2 Å². The fraction of sp³-hybridized carbons (Fsp3) is 0.346. The fourth-order valence-electron chi connectivity index (χ4n) is 5.05. The number of aryl methyl sites for hydroxylation is 1. The number of carbonyl (C=O) groups is 3. The molecule has 3 N–H and O–H groups in total. The third kappa shape index (κ3) is 4.98. The molecule has 0 aliphatic heterocycles. The average Bonchev–Trinajstić information content (AvgIpc) is 3.54. The standard InChI is InChI=1S/C26H28FN5O4/c1-17-16-22(31-36-17)30-23(33)10-11-24(34)32(21-8-6-20(27)7-9-21)26(25(28)35,18-4-2-3-5-18)19-12-14-29-15-13-19/h6-9,12-16,18H,2-5,10-11H2,1H3,(H2,28,35)(H,30,31,33). The molecule has 1 saturated carbocycles. The monoisotopic (exact) mass is 493 g/mol. The van der Waals surface area contributed by atoms with E-state index in [-0.39, 0.29) is 24.6 Å². The van der Waals surface area contributed by atoms with Crippen LogP contribution in [0.25, 0.3) is 0 Å². The number of hydrogen-bond acceptors (Lipinski definition) is 6. The highest BCUT2D eigenvalue weighted by molar-refractivity contribution is 6.05. The van der Waals surface area contributed by atoms with Gasteiger partial charge in [-0.1, -0.05) is 18.0 Å². The molecule has 1 fully saturated rings. The molecule has 4 rings (SSSR count). The lowest BCUT2D eigenvalue weighted by Gasteiger charge is -2.46. The SMILES string of the molecule is Cc1cc(NC(=O)CCC(=O)N(c2ccc(F)cc2)C(C(N)=O)(c2ccncc2)C2CCCC2)no1. The maximum Gasteiger partial charge on any atom is 0.248 e. The molecule has 1 aliphatic rings. The Hall–Kier alpha value is -4.08. The Morgan fingerprint density at radius 1 is 1.11 bits per heavy atom. The van der Waals surface area contributed by atoms with Crippen molar-refractivity contribution in [3.05, 3.63) is 72.0 Å². The summed E-state index contributed by atoms with van der Waals surface area (Å²) < 4.78 is 18.8. The number of aromatic nitrogens is 2. The maximum absolute atomic E-state index is 13.9. The van der Waals surface area contributed by atoms with E-state index in [0.717, 1.165) is 12.8 Å². The molecule has 3 amide bonds. The van der Waals surface area contributed by atoms with E-state index in [1.54, 1.807) is 37.5 Å². The normalized spacial score (nSPS) is 15.3. The summed E-state index contributed by atoms with van der Waals surface area (Å²) in [6.07, 6.45) is 5.84. The topological polar surface area (TPSA) is 131 Å². The minimum Gasteiger partial charge on any atom is -0.367 e. The summed E-state index contributed by atoms with van der Waals surface area (Å²) in [5.41, 5.74) is 5.43. The lowest BCUT2D eigenvalue weighted by atomic mass is 9.74. The van der Waals surface area contributed by atoms with Gasteiger partial charge in [0, 0.05) is 37.0 Å². The molecule has 1 aromatic carbocycles. The second kappa shape index (κ2) is 10.7. The second-order valence-corrected chi connectivity index (χ2v) is 8.92. The second-order valence-electron chi connectivity index (χ2n) is 8.92. The van der Waals surface area contributed by atoms with Gasteiger partial charge in [-0.05, 0) is 67.6 Å². The minimum atomic E-state index is -1.53. The van der Waals surface area contributed by atoms with Crippen LogP contribution < -0.4 is 16.0 Å². The van der Waals surface area contributed by atoms with E-state index in [0.29, 0.717) is 29.9 Å². The van der Waals surface area contributed by atoms with E-state index in [2.05, 4.69) is 15.5 Å². The molecule has 2 aromatic heterocycles. The van der Waals surface area contributed by atoms with E-state index < -0.39 is 29.1 Å². The first-order chi connectivity index (χ1) is 17.3. The lowest BCUT2D eigenvalue weighted by molar-refractivity contribution is -0.131. The molecule has 0 spiro atoms. The van der Waals surface area contributed by atoms with E-state index in [4.69, 9.17) is 10.3 Å². The highest BCUT2D eigenvalue weighted by Crippen LogP contribution is 2.47. The van der Waals surface area contributed by atoms with Crippen LogP contribution in [0.3, 0.4) is 0 Å². The number of carbonyl (C=O) groups excluding carboxylic acids is 3. The van der Waals surface area contributed by atoms with Crippen molar-refractivity contribution in [1.82, 2.24) is 10.1 Å². The third-order valence-electron chi connectivity index (χ3n) is 6.59. The minimum absolute atomic E-state index is 0.168. The number of anilines is 2. The van der Waals surface area contributed by atoms with Crippen LogP contribution in [0, 0.1) is 18.7 Å². The molecule has 3 aromatic rings. The molecule has 2 heterocycles. The van der Waals surface area contributed by atoms with Gasteiger partial charge in [0.05, 0.1) is 0 Å². The van der Waals surface area contributed by atoms with Crippen molar-refractivity contribution >= 4 is 29.2 Å². The van der Waals surface area contributed by atoms with Gasteiger partial charge >= 0.3 is 0 Å². The number of benzene rings is 1. The zero-order valence-corrected chi connectivity index (χ0v) is 19.9. The molecule has 0 saturated heterocycles. The van der Waals surface area contributed by atoms with Crippen LogP contribution >= 0.6 is 0 Å². The number of nitrogens with two attached hydrogens (primary N) is 1. The van der Waals surface area contributed by atoms with Crippen LogP contribution in [0.5, 0.6) is 0 Å². The van der Waals surface area contributed by atoms with Crippen molar-refractivity contribution in [1.29, 1.82) is 0 Å². The molecule has 0 radical (unpaired) electrons. The molecule has 1 atom stereocenters. The van der Waals surface area contributed by atoms with Crippen molar-refractivity contribution in [3.63, 3.8) is 0 Å². The Balaban J connectivity index is 1.73. The van der Waals surface area contributed by atoms with Crippen LogP contribution in [0.15, 0.2) is 59.4 Å². The van der Waals surface area contributed by atoms with Crippen LogP contribution in [0.2, 0.25) is 0 Å². The number of amides is 3. The number of nitrogens with zero attached hydrogens (tertiary/aromatic N) is 3. The molecule has 1 unspecified atom stereocenters. The Kier molecular flexibility index (Phi) is 7.42. The molecule has 0 bridgehead atoms. The molecule has 188 valence electrons. The Labute approximate surface area is 207 Å². The molecular formula is C26H28FN5O4. The van der Waals surface area contributed by atoms with Gasteiger partial charge in [-0.3, -0.25) is 24.3 Å². The van der Waals surface area contributed by atoms with Gasteiger partial charge in [0.1, 0.15) is 11.6 Å². The van der Waals surface area contributed by atoms with Gasteiger partial charge in [-0.25, -0.2) is 4.39 Å². The number of nitrogens with one attached hydrogen (secondary N) is 1. The van der Waals surface area contributed by atoms with E-state index >= 15 is 0 Å². The predicted octanol–water partition coefficient (Wildman–Crippen LogP) is 3.84. The number of hydrogen-bond donors (Lipinski definition) is 2. The quantitative estimate of drug-likeness (QED) is 0.466. The van der Waals surface area contributed by atoms with Gasteiger partial charge < -0.3 is 15.6 Å². The van der Waals surface area contributed by atoms with Crippen LogP contribution in [0.4, 0.5) is 15.9 Å². The summed E-state index contributed by atoms with van der Waals surface area (Å²) in [6, 6.07) is 10.2. The molecule has 10 heteroatoms. The van der Waals surface area contributed by atoms with Crippen molar-refractivity contribution < 1.29 is 23.3 Å². The smallest absolute Gasteiger partial charge is 0.248 e. The average molecular weight is 494 g/mol. The van der Waals surface area contributed by atoms with Gasteiger partial charge in [-0.15, -0.1) is 0 Å². The van der Waals surface area contributed by atoms with E-state index in [1.807, 2.05) is 0 Å². The van der Waals surface area contributed by atoms with Gasteiger partial charge in [0.15, 0.2) is 11.4 Å². The van der Waals surface area contributed by atoms with Crippen LogP contribution in [-0.2, 0) is 19.9 Å². The fourth-order valence-corrected chi connectivity index (χ4v) is 5.05. The zero-order valence-electron chi connectivity index (χ0n) is 19.9. The van der Waals surface area contributed by atoms with Crippen molar-refractivity contribution in [2.24, 2.45) is 11.7 Å². The van der Waals surface area contributed by atoms with Crippen LogP contribution in [0.1, 0.15) is 49.8 Å². The molecule has 36 heavy (non-hydrogen) atoms. The Bertz CT molecular complexity index is 1220. The van der Waals surface area contributed by atoms with Gasteiger partial charge in [0.2, 0.25) is 17.7 Å². The van der Waals surface area contributed by atoms with Gasteiger partial charge in [0.25, 0.3) is 0 Å². The van der Waals surface area contributed by atoms with Crippen molar-refractivity contribution in [3.8, 4) is 0 Å². The first kappa shape index (κ1) is 25.0. The van der Waals surface area contributed by atoms with Crippen molar-refractivity contribution in [2.45, 2.75) is 51.0 Å². The summed E-state index contributed by atoms with van der Waals surface area (Å²) in [5, 5.41) is 6.31. The number of rotatable bonds is 9. The summed E-state index contributed by atoms with van der Waals surface area (Å²) in [6.45, 7) is 1.69. The highest BCUT2D eigenvalue weighted by Gasteiger charge is 2.53. The summed E-state index contributed by atoms with van der Waals surface area (Å²) in [4.78, 5) is 45.2. The lowest BCUT2D eigenvalue weighted by Crippen LogP contribution is -2.61. The zero-order chi connectivity index (χ0) is 25.7. The largest absolute Gasteiger partial charge is 0.367 e. The third-order valence-corrected chi connectivity index (χ3v) is 6.59. The number of pyridine rings is 1. The summed E-state index contributed by atoms with van der Waals surface area (Å²) >= 11 is 0. The first-order valence-corrected chi connectivity index (χ1v) is 11.8. The Morgan fingerprint density at radius 2 is 1.78 bits per heavy atom. The van der Waals surface area contributed by atoms with E-state index in [9.17, 15) is 18.8 Å². The predicted molar refractivity (Wildman–Crippen MR) is 130 cm³/mol. The van der Waals surface area contributed by atoms with Gasteiger partial charge in [-0.2, -0.15) is 0 Å².